The maximum absolute atomic E-state index is 12.0. The van der Waals surface area contributed by atoms with Crippen LogP contribution in [0.25, 0.3) is 0 Å². The second kappa shape index (κ2) is 7.43. The molecular formula is C11H12I3NO2. The molecule has 3 nitrogen and oxygen atoms in total. The molecule has 6 heteroatoms. The lowest BCUT2D eigenvalue weighted by Crippen LogP contribution is -2.21. The number of carbonyl (C=O) groups is 1. The zero-order valence-corrected chi connectivity index (χ0v) is 15.9. The van der Waals surface area contributed by atoms with E-state index in [-0.39, 0.29) is 5.97 Å². The Balaban J connectivity index is 2.79. The third kappa shape index (κ3) is 4.78. The van der Waals surface area contributed by atoms with E-state index in [1.807, 2.05) is 31.1 Å². The summed E-state index contributed by atoms with van der Waals surface area (Å²) in [6.07, 6.45) is 0. The molecule has 0 aliphatic heterocycles. The molecular weight excluding hydrogens is 559 g/mol. The van der Waals surface area contributed by atoms with E-state index < -0.39 is 0 Å². The van der Waals surface area contributed by atoms with Crippen molar-refractivity contribution >= 4 is 73.7 Å². The van der Waals surface area contributed by atoms with Crippen molar-refractivity contribution < 1.29 is 9.53 Å². The summed E-state index contributed by atoms with van der Waals surface area (Å²) in [6, 6.07) is 3.94. The average Bonchev–Trinajstić information content (AvgIpc) is 2.23. The number of ether oxygens (including phenoxy) is 1. The molecule has 1 aromatic carbocycles. The Labute approximate surface area is 142 Å². The molecule has 0 spiro atoms. The van der Waals surface area contributed by atoms with E-state index in [0.29, 0.717) is 12.2 Å². The highest BCUT2D eigenvalue weighted by Gasteiger charge is 2.17. The zero-order valence-electron chi connectivity index (χ0n) is 9.47. The minimum atomic E-state index is -0.237. The molecule has 0 unspecified atom stereocenters. The van der Waals surface area contributed by atoms with Crippen molar-refractivity contribution in [3.05, 3.63) is 28.4 Å². The highest BCUT2D eigenvalue weighted by molar-refractivity contribution is 14.1. The van der Waals surface area contributed by atoms with Crippen molar-refractivity contribution in [2.24, 2.45) is 0 Å². The molecule has 94 valence electrons. The molecule has 0 atom stereocenters. The topological polar surface area (TPSA) is 29.5 Å². The van der Waals surface area contributed by atoms with Gasteiger partial charge < -0.3 is 9.64 Å². The number of hydrogen-bond donors (Lipinski definition) is 0. The van der Waals surface area contributed by atoms with Gasteiger partial charge in [0.1, 0.15) is 6.61 Å². The predicted octanol–water partition coefficient (Wildman–Crippen LogP) is 3.22. The lowest BCUT2D eigenvalue weighted by atomic mass is 10.2. The van der Waals surface area contributed by atoms with Gasteiger partial charge in [-0.15, -0.1) is 0 Å². The first-order chi connectivity index (χ1) is 7.93. The molecule has 0 aliphatic rings. The summed E-state index contributed by atoms with van der Waals surface area (Å²) in [4.78, 5) is 14.0. The van der Waals surface area contributed by atoms with Crippen LogP contribution in [0.3, 0.4) is 0 Å². The van der Waals surface area contributed by atoms with Crippen molar-refractivity contribution in [2.45, 2.75) is 0 Å². The molecule has 0 amide bonds. The van der Waals surface area contributed by atoms with Crippen LogP contribution in [0.5, 0.6) is 0 Å². The van der Waals surface area contributed by atoms with Gasteiger partial charge in [0.05, 0.1) is 5.56 Å². The van der Waals surface area contributed by atoms with Crippen LogP contribution >= 0.6 is 67.8 Å². The van der Waals surface area contributed by atoms with Gasteiger partial charge in [-0.3, -0.25) is 0 Å². The van der Waals surface area contributed by atoms with Gasteiger partial charge in [0, 0.05) is 17.3 Å². The molecule has 17 heavy (non-hydrogen) atoms. The fraction of sp³-hybridized carbons (Fsp3) is 0.364. The van der Waals surface area contributed by atoms with E-state index in [1.54, 1.807) is 0 Å². The molecule has 0 fully saturated rings. The number of likely N-dealkylation sites (N-methyl/N-ethyl adjacent to an activating group) is 1. The van der Waals surface area contributed by atoms with Crippen molar-refractivity contribution in [3.63, 3.8) is 0 Å². The van der Waals surface area contributed by atoms with E-state index in [1.165, 1.54) is 0 Å². The first kappa shape index (κ1) is 15.9. The van der Waals surface area contributed by atoms with Crippen LogP contribution in [0.1, 0.15) is 10.4 Å². The summed E-state index contributed by atoms with van der Waals surface area (Å²) in [5.41, 5.74) is 0.678. The van der Waals surface area contributed by atoms with Gasteiger partial charge in [-0.1, -0.05) is 0 Å². The largest absolute Gasteiger partial charge is 0.461 e. The Bertz CT molecular complexity index is 421. The minimum Gasteiger partial charge on any atom is -0.461 e. The van der Waals surface area contributed by atoms with E-state index in [2.05, 4.69) is 67.8 Å². The normalized spacial score (nSPS) is 10.7. The molecule has 0 bridgehead atoms. The Morgan fingerprint density at radius 3 is 2.41 bits per heavy atom. The van der Waals surface area contributed by atoms with Gasteiger partial charge in [0.25, 0.3) is 0 Å². The summed E-state index contributed by atoms with van der Waals surface area (Å²) < 4.78 is 8.23. The molecule has 0 aromatic heterocycles. The predicted molar refractivity (Wildman–Crippen MR) is 93.4 cm³/mol. The Morgan fingerprint density at radius 1 is 1.24 bits per heavy atom. The monoisotopic (exact) mass is 571 g/mol. The number of hydrogen-bond acceptors (Lipinski definition) is 3. The highest BCUT2D eigenvalue weighted by Crippen LogP contribution is 2.24. The van der Waals surface area contributed by atoms with E-state index in [4.69, 9.17) is 4.74 Å². The molecule has 0 saturated heterocycles. The summed E-state index contributed by atoms with van der Waals surface area (Å²) in [5, 5.41) is 0. The molecule has 0 heterocycles. The molecule has 1 rings (SSSR count). The Morgan fingerprint density at radius 2 is 1.82 bits per heavy atom. The van der Waals surface area contributed by atoms with Crippen LogP contribution in [0.2, 0.25) is 0 Å². The quantitative estimate of drug-likeness (QED) is 0.316. The van der Waals surface area contributed by atoms with Gasteiger partial charge >= 0.3 is 5.97 Å². The second-order valence-electron chi connectivity index (χ2n) is 3.66. The van der Waals surface area contributed by atoms with E-state index in [0.717, 1.165) is 17.3 Å². The number of carbonyl (C=O) groups excluding carboxylic acids is 1. The molecule has 1 aromatic rings. The maximum atomic E-state index is 12.0. The maximum Gasteiger partial charge on any atom is 0.340 e. The van der Waals surface area contributed by atoms with Gasteiger partial charge in [0.2, 0.25) is 0 Å². The highest BCUT2D eigenvalue weighted by atomic mass is 127. The van der Waals surface area contributed by atoms with Crippen molar-refractivity contribution in [2.75, 3.05) is 27.2 Å². The Hall–Kier alpha value is 0.840. The van der Waals surface area contributed by atoms with Crippen molar-refractivity contribution in [1.29, 1.82) is 0 Å². The number of benzene rings is 1. The van der Waals surface area contributed by atoms with E-state index >= 15 is 0 Å². The van der Waals surface area contributed by atoms with Crippen LogP contribution < -0.4 is 0 Å². The number of nitrogens with zero attached hydrogens (tertiary/aromatic N) is 1. The molecule has 0 saturated carbocycles. The first-order valence-corrected chi connectivity index (χ1v) is 8.12. The summed E-state index contributed by atoms with van der Waals surface area (Å²) >= 11 is 6.57. The lowest BCUT2D eigenvalue weighted by molar-refractivity contribution is 0.0479. The zero-order chi connectivity index (χ0) is 13.0. The third-order valence-electron chi connectivity index (χ3n) is 2.02. The lowest BCUT2D eigenvalue weighted by Gasteiger charge is -2.12. The summed E-state index contributed by atoms with van der Waals surface area (Å²) in [6.45, 7) is 1.16. The fourth-order valence-corrected chi connectivity index (χ4v) is 3.43. The molecule has 0 N–H and O–H groups in total. The third-order valence-corrected chi connectivity index (χ3v) is 5.97. The molecule has 0 aliphatic carbocycles. The fourth-order valence-electron chi connectivity index (χ4n) is 1.11. The van der Waals surface area contributed by atoms with E-state index in [9.17, 15) is 4.79 Å². The summed E-state index contributed by atoms with van der Waals surface area (Å²) in [5.74, 6) is -0.237. The van der Waals surface area contributed by atoms with Crippen LogP contribution in [0.15, 0.2) is 12.1 Å². The van der Waals surface area contributed by atoms with Crippen LogP contribution in [0.4, 0.5) is 0 Å². The SMILES string of the molecule is CN(C)CCOC(=O)c1c(I)ccc(I)c1I. The van der Waals surface area contributed by atoms with Gasteiger partial charge in [-0.2, -0.15) is 0 Å². The Kier molecular flexibility index (Phi) is 6.95. The van der Waals surface area contributed by atoms with Gasteiger partial charge in [-0.25, -0.2) is 4.79 Å². The summed E-state index contributed by atoms with van der Waals surface area (Å²) in [7, 11) is 3.90. The second-order valence-corrected chi connectivity index (χ2v) is 7.06. The smallest absolute Gasteiger partial charge is 0.340 e. The van der Waals surface area contributed by atoms with Gasteiger partial charge in [0.15, 0.2) is 0 Å². The van der Waals surface area contributed by atoms with Crippen molar-refractivity contribution in [1.82, 2.24) is 4.90 Å². The number of halogens is 3. The van der Waals surface area contributed by atoms with Crippen LogP contribution in [-0.2, 0) is 4.74 Å². The van der Waals surface area contributed by atoms with Gasteiger partial charge in [-0.05, 0) is 94.0 Å². The standard InChI is InChI=1S/C11H12I3NO2/c1-15(2)5-6-17-11(16)9-7(12)3-4-8(13)10(9)14/h3-4H,5-6H2,1-2H3. The van der Waals surface area contributed by atoms with Crippen LogP contribution in [-0.4, -0.2) is 38.1 Å². The van der Waals surface area contributed by atoms with Crippen LogP contribution in [0, 0.1) is 10.7 Å². The number of rotatable bonds is 4. The average molecular weight is 571 g/mol. The number of esters is 1. The minimum absolute atomic E-state index is 0.237. The molecule has 0 radical (unpaired) electrons. The first-order valence-electron chi connectivity index (χ1n) is 4.89. The van der Waals surface area contributed by atoms with Crippen molar-refractivity contribution in [3.8, 4) is 0 Å².